The minimum Gasteiger partial charge on any atom is -0.475 e. The van der Waals surface area contributed by atoms with Gasteiger partial charge in [-0.3, -0.25) is 4.79 Å². The highest BCUT2D eigenvalue weighted by Gasteiger charge is 2.39. The zero-order valence-corrected chi connectivity index (χ0v) is 16.3. The van der Waals surface area contributed by atoms with Crippen molar-refractivity contribution in [1.82, 2.24) is 9.21 Å². The molecule has 3 rings (SSSR count). The fraction of sp³-hybridized carbons (Fsp3) is 0.667. The molecule has 9 heteroatoms. The Kier molecular flexibility index (Phi) is 5.90. The second-order valence-corrected chi connectivity index (χ2v) is 9.09. The van der Waals surface area contributed by atoms with Crippen molar-refractivity contribution in [2.75, 3.05) is 19.6 Å². The van der Waals surface area contributed by atoms with Gasteiger partial charge in [0.25, 0.3) is 10.0 Å². The Morgan fingerprint density at radius 1 is 1.22 bits per heavy atom. The summed E-state index contributed by atoms with van der Waals surface area (Å²) in [5.41, 5.74) is 0. The molecule has 2 heterocycles. The first-order valence-corrected chi connectivity index (χ1v) is 10.9. The second kappa shape index (κ2) is 8.02. The van der Waals surface area contributed by atoms with Crippen LogP contribution in [0.25, 0.3) is 0 Å². The maximum Gasteiger partial charge on any atom is 0.371 e. The Labute approximate surface area is 159 Å². The number of sulfonamides is 1. The number of amides is 1. The van der Waals surface area contributed by atoms with E-state index in [-0.39, 0.29) is 30.0 Å². The van der Waals surface area contributed by atoms with E-state index in [0.29, 0.717) is 18.9 Å². The first kappa shape index (κ1) is 19.9. The molecule has 0 aromatic carbocycles. The second-order valence-electron chi connectivity index (χ2n) is 7.22. The number of hydrogen-bond donors (Lipinski definition) is 1. The normalized spacial score (nSPS) is 19.1. The van der Waals surface area contributed by atoms with Crippen molar-refractivity contribution in [3.05, 3.63) is 17.9 Å². The van der Waals surface area contributed by atoms with Crippen LogP contribution in [-0.2, 0) is 14.8 Å². The van der Waals surface area contributed by atoms with Gasteiger partial charge in [0, 0.05) is 31.6 Å². The van der Waals surface area contributed by atoms with Gasteiger partial charge >= 0.3 is 5.97 Å². The van der Waals surface area contributed by atoms with Crippen molar-refractivity contribution in [2.24, 2.45) is 5.92 Å². The molecule has 2 fully saturated rings. The van der Waals surface area contributed by atoms with Crippen LogP contribution in [0.3, 0.4) is 0 Å². The molecule has 1 N–H and O–H groups in total. The highest BCUT2D eigenvalue weighted by molar-refractivity contribution is 7.89. The van der Waals surface area contributed by atoms with Crippen LogP contribution in [0.4, 0.5) is 0 Å². The summed E-state index contributed by atoms with van der Waals surface area (Å²) in [5, 5.41) is 8.52. The quantitative estimate of drug-likeness (QED) is 0.719. The number of furan rings is 1. The van der Waals surface area contributed by atoms with Crippen LogP contribution in [-0.4, -0.2) is 60.3 Å². The topological polar surface area (TPSA) is 108 Å². The van der Waals surface area contributed by atoms with Crippen LogP contribution in [0.5, 0.6) is 0 Å². The molecule has 0 bridgehead atoms. The lowest BCUT2D eigenvalue weighted by atomic mass is 9.96. The molecule has 27 heavy (non-hydrogen) atoms. The third-order valence-electron chi connectivity index (χ3n) is 5.21. The van der Waals surface area contributed by atoms with Gasteiger partial charge in [0.15, 0.2) is 0 Å². The molecule has 150 valence electrons. The van der Waals surface area contributed by atoms with E-state index in [4.69, 9.17) is 9.52 Å². The number of carbonyl (C=O) groups excluding carboxylic acids is 1. The van der Waals surface area contributed by atoms with Crippen LogP contribution in [0, 0.1) is 5.92 Å². The summed E-state index contributed by atoms with van der Waals surface area (Å²) in [5.74, 6) is -1.73. The molecular formula is C18H26N2O6S. The van der Waals surface area contributed by atoms with Crippen LogP contribution in [0.2, 0.25) is 0 Å². The summed E-state index contributed by atoms with van der Waals surface area (Å²) in [6.07, 6.45) is 5.09. The molecule has 0 unspecified atom stereocenters. The number of carbonyl (C=O) groups is 2. The third kappa shape index (κ3) is 4.35. The van der Waals surface area contributed by atoms with Crippen LogP contribution >= 0.6 is 0 Å². The van der Waals surface area contributed by atoms with Crippen molar-refractivity contribution in [3.8, 4) is 0 Å². The number of carboxylic acid groups (broad SMARTS) is 1. The van der Waals surface area contributed by atoms with E-state index in [1.165, 1.54) is 4.31 Å². The van der Waals surface area contributed by atoms with Gasteiger partial charge in [-0.15, -0.1) is 0 Å². The van der Waals surface area contributed by atoms with Gasteiger partial charge in [-0.2, -0.15) is 4.31 Å². The lowest BCUT2D eigenvalue weighted by Crippen LogP contribution is -2.45. The molecule has 0 atom stereocenters. The summed E-state index contributed by atoms with van der Waals surface area (Å²) >= 11 is 0. The van der Waals surface area contributed by atoms with Gasteiger partial charge in [0.05, 0.1) is 0 Å². The van der Waals surface area contributed by atoms with E-state index in [1.807, 2.05) is 4.90 Å². The molecule has 1 aliphatic heterocycles. The first-order valence-electron chi connectivity index (χ1n) is 9.48. The summed E-state index contributed by atoms with van der Waals surface area (Å²) in [4.78, 5) is 25.7. The summed E-state index contributed by atoms with van der Waals surface area (Å²) in [6, 6.07) is 2.66. The minimum absolute atomic E-state index is 0.147. The van der Waals surface area contributed by atoms with E-state index in [9.17, 15) is 18.0 Å². The highest BCUT2D eigenvalue weighted by atomic mass is 32.2. The molecule has 1 saturated carbocycles. The molecule has 1 aromatic rings. The largest absolute Gasteiger partial charge is 0.475 e. The predicted molar refractivity (Wildman–Crippen MR) is 96.8 cm³/mol. The number of nitrogens with zero attached hydrogens (tertiary/aromatic N) is 2. The monoisotopic (exact) mass is 398 g/mol. The lowest BCUT2D eigenvalue weighted by molar-refractivity contribution is -0.137. The zero-order chi connectivity index (χ0) is 19.6. The summed E-state index contributed by atoms with van der Waals surface area (Å²) in [6.45, 7) is 3.34. The molecule has 1 amide bonds. The Bertz CT molecular complexity index is 791. The van der Waals surface area contributed by atoms with Gasteiger partial charge in [-0.25, -0.2) is 13.2 Å². The van der Waals surface area contributed by atoms with Crippen LogP contribution < -0.4 is 0 Å². The van der Waals surface area contributed by atoms with E-state index in [0.717, 1.165) is 44.4 Å². The van der Waals surface area contributed by atoms with Crippen molar-refractivity contribution < 1.29 is 27.5 Å². The number of carboxylic acids is 1. The maximum atomic E-state index is 12.9. The van der Waals surface area contributed by atoms with Crippen LogP contribution in [0.15, 0.2) is 21.6 Å². The molecule has 1 aromatic heterocycles. The number of unbranched alkanes of at least 4 members (excludes halogenated alkanes) is 1. The number of rotatable bonds is 8. The number of hydrogen-bond acceptors (Lipinski definition) is 5. The van der Waals surface area contributed by atoms with Crippen molar-refractivity contribution in [1.29, 1.82) is 0 Å². The summed E-state index contributed by atoms with van der Waals surface area (Å²) in [7, 11) is -3.88. The Morgan fingerprint density at radius 3 is 2.41 bits per heavy atom. The summed E-state index contributed by atoms with van der Waals surface area (Å²) < 4.78 is 31.5. The Hall–Kier alpha value is -1.87. The molecule has 2 aliphatic rings. The van der Waals surface area contributed by atoms with E-state index in [2.05, 4.69) is 6.92 Å². The van der Waals surface area contributed by atoms with Crippen LogP contribution in [0.1, 0.15) is 56.0 Å². The van der Waals surface area contributed by atoms with Gasteiger partial charge in [-0.1, -0.05) is 13.3 Å². The molecule has 1 aliphatic carbocycles. The van der Waals surface area contributed by atoms with Gasteiger partial charge in [0.1, 0.15) is 0 Å². The van der Waals surface area contributed by atoms with Crippen molar-refractivity contribution in [2.45, 2.75) is 56.6 Å². The molecule has 0 radical (unpaired) electrons. The van der Waals surface area contributed by atoms with E-state index < -0.39 is 21.8 Å². The Balaban J connectivity index is 1.62. The van der Waals surface area contributed by atoms with Gasteiger partial charge < -0.3 is 14.4 Å². The standard InChI is InChI=1S/C18H26N2O6S/c1-2-3-10-20(14-4-5-14)17(21)13-8-11-19(12-9-13)27(24,25)16-7-6-15(26-16)18(22)23/h6-7,13-14H,2-5,8-12H2,1H3,(H,22,23). The van der Waals surface area contributed by atoms with Gasteiger partial charge in [0.2, 0.25) is 16.8 Å². The zero-order valence-electron chi connectivity index (χ0n) is 15.5. The average molecular weight is 398 g/mol. The van der Waals surface area contributed by atoms with E-state index in [1.54, 1.807) is 0 Å². The number of aromatic carboxylic acids is 1. The maximum absolute atomic E-state index is 12.9. The Morgan fingerprint density at radius 2 is 1.89 bits per heavy atom. The fourth-order valence-corrected chi connectivity index (χ4v) is 4.85. The molecule has 8 nitrogen and oxygen atoms in total. The molecular weight excluding hydrogens is 372 g/mol. The smallest absolute Gasteiger partial charge is 0.371 e. The fourth-order valence-electron chi connectivity index (χ4n) is 3.47. The predicted octanol–water partition coefficient (Wildman–Crippen LogP) is 2.17. The third-order valence-corrected chi connectivity index (χ3v) is 6.99. The van der Waals surface area contributed by atoms with Crippen molar-refractivity contribution >= 4 is 21.9 Å². The molecule has 1 saturated heterocycles. The lowest BCUT2D eigenvalue weighted by Gasteiger charge is -2.33. The average Bonchev–Trinajstić information content (AvgIpc) is 3.35. The van der Waals surface area contributed by atoms with E-state index >= 15 is 0 Å². The first-order chi connectivity index (χ1) is 12.8. The highest BCUT2D eigenvalue weighted by Crippen LogP contribution is 2.32. The number of piperidine rings is 1. The minimum atomic E-state index is -3.88. The van der Waals surface area contributed by atoms with Crippen molar-refractivity contribution in [3.63, 3.8) is 0 Å². The molecule has 0 spiro atoms. The SMILES string of the molecule is CCCCN(C(=O)C1CCN(S(=O)(=O)c2ccc(C(=O)O)o2)CC1)C1CC1. The van der Waals surface area contributed by atoms with Gasteiger partial charge in [-0.05, 0) is 44.2 Å².